The number of aromatic nitrogens is 3. The van der Waals surface area contributed by atoms with Crippen LogP contribution in [-0.4, -0.2) is 21.5 Å². The van der Waals surface area contributed by atoms with Crippen molar-refractivity contribution in [3.63, 3.8) is 0 Å². The number of rotatable bonds is 3. The van der Waals surface area contributed by atoms with Crippen LogP contribution in [0.5, 0.6) is 0 Å². The van der Waals surface area contributed by atoms with Crippen molar-refractivity contribution in [1.29, 1.82) is 0 Å². The van der Waals surface area contributed by atoms with Crippen LogP contribution in [0.2, 0.25) is 0 Å². The first kappa shape index (κ1) is 9.92. The molecule has 2 aromatic rings. The third-order valence-corrected chi connectivity index (χ3v) is 2.31. The summed E-state index contributed by atoms with van der Waals surface area (Å²) in [6.45, 7) is 5.04. The van der Waals surface area contributed by atoms with Crippen LogP contribution in [0.4, 0.5) is 5.82 Å². The van der Waals surface area contributed by atoms with Crippen LogP contribution in [0, 0.1) is 0 Å². The number of pyridine rings is 1. The van der Waals surface area contributed by atoms with E-state index in [9.17, 15) is 0 Å². The maximum absolute atomic E-state index is 5.59. The summed E-state index contributed by atoms with van der Waals surface area (Å²) >= 11 is 0. The minimum atomic E-state index is 0.199. The van der Waals surface area contributed by atoms with Crippen LogP contribution in [0.25, 0.3) is 11.2 Å². The number of fused-ring (bicyclic) bond motifs is 1. The van der Waals surface area contributed by atoms with Gasteiger partial charge in [0.25, 0.3) is 0 Å². The lowest BCUT2D eigenvalue weighted by atomic mass is 10.3. The van der Waals surface area contributed by atoms with Crippen LogP contribution in [-0.2, 0) is 0 Å². The third kappa shape index (κ3) is 1.92. The molecule has 4 N–H and O–H groups in total. The smallest absolute Gasteiger partial charge is 0.179 e. The van der Waals surface area contributed by atoms with E-state index in [1.807, 2.05) is 6.07 Å². The maximum Gasteiger partial charge on any atom is 0.179 e. The van der Waals surface area contributed by atoms with Crippen molar-refractivity contribution >= 4 is 17.0 Å². The molecular formula is C10H15N5. The number of hydrogen-bond acceptors (Lipinski definition) is 4. The predicted octanol–water partition coefficient (Wildman–Crippen LogP) is 1.21. The molecule has 2 heterocycles. The highest BCUT2D eigenvalue weighted by molar-refractivity contribution is 5.72. The summed E-state index contributed by atoms with van der Waals surface area (Å²) in [5, 5.41) is 3.28. The van der Waals surface area contributed by atoms with Gasteiger partial charge in [0, 0.05) is 0 Å². The lowest BCUT2D eigenvalue weighted by molar-refractivity contribution is 0.573. The molecule has 15 heavy (non-hydrogen) atoms. The van der Waals surface area contributed by atoms with Gasteiger partial charge in [-0.05, 0) is 25.6 Å². The summed E-state index contributed by atoms with van der Waals surface area (Å²) in [6, 6.07) is 3.86. The molecule has 0 fully saturated rings. The molecule has 0 radical (unpaired) electrons. The Morgan fingerprint density at radius 3 is 3.00 bits per heavy atom. The first-order valence-corrected chi connectivity index (χ1v) is 5.06. The van der Waals surface area contributed by atoms with Crippen molar-refractivity contribution in [3.8, 4) is 0 Å². The van der Waals surface area contributed by atoms with E-state index in [1.54, 1.807) is 6.07 Å². The zero-order chi connectivity index (χ0) is 10.8. The van der Waals surface area contributed by atoms with Crippen LogP contribution in [0.15, 0.2) is 12.1 Å². The van der Waals surface area contributed by atoms with Crippen molar-refractivity contribution in [2.45, 2.75) is 19.9 Å². The molecule has 2 aromatic heterocycles. The number of nitrogens with one attached hydrogen (secondary N) is 2. The molecule has 0 amide bonds. The second-order valence-electron chi connectivity index (χ2n) is 3.51. The number of anilines is 1. The van der Waals surface area contributed by atoms with Crippen LogP contribution >= 0.6 is 0 Å². The third-order valence-electron chi connectivity index (χ3n) is 2.31. The van der Waals surface area contributed by atoms with Gasteiger partial charge >= 0.3 is 0 Å². The zero-order valence-corrected chi connectivity index (χ0v) is 8.91. The molecule has 0 aliphatic rings. The molecule has 80 valence electrons. The first-order valence-electron chi connectivity index (χ1n) is 5.06. The molecule has 0 aliphatic carbocycles. The number of aromatic amines is 1. The van der Waals surface area contributed by atoms with E-state index in [0.29, 0.717) is 11.5 Å². The highest BCUT2D eigenvalue weighted by atomic mass is 15.1. The van der Waals surface area contributed by atoms with Crippen molar-refractivity contribution in [2.75, 3.05) is 12.3 Å². The summed E-state index contributed by atoms with van der Waals surface area (Å²) < 4.78 is 0. The molecule has 0 spiro atoms. The van der Waals surface area contributed by atoms with Crippen molar-refractivity contribution in [3.05, 3.63) is 18.0 Å². The topological polar surface area (TPSA) is 79.6 Å². The summed E-state index contributed by atoms with van der Waals surface area (Å²) in [5.41, 5.74) is 7.18. The fraction of sp³-hybridized carbons (Fsp3) is 0.400. The molecule has 1 atom stereocenters. The Balaban J connectivity index is 2.38. The Bertz CT molecular complexity index is 462. The lowest BCUT2D eigenvalue weighted by Crippen LogP contribution is -2.18. The summed E-state index contributed by atoms with van der Waals surface area (Å²) in [5.74, 6) is 1.39. The maximum atomic E-state index is 5.59. The van der Waals surface area contributed by atoms with Crippen LogP contribution in [0.1, 0.15) is 25.7 Å². The standard InChI is InChI=1S/C10H15N5/c1-3-12-6(2)9-13-7-4-5-8(11)14-10(7)15-9/h4-6,12H,3H2,1-2H3,(H3,11,13,14,15). The second-order valence-corrected chi connectivity index (χ2v) is 3.51. The SMILES string of the molecule is CCNC(C)c1nc2nc(N)ccc2[nH]1. The Morgan fingerprint density at radius 1 is 1.47 bits per heavy atom. The van der Waals surface area contributed by atoms with Gasteiger partial charge in [-0.3, -0.25) is 0 Å². The molecule has 5 nitrogen and oxygen atoms in total. The Kier molecular flexibility index (Phi) is 2.55. The number of nitrogen functional groups attached to an aromatic ring is 1. The molecule has 0 saturated carbocycles. The van der Waals surface area contributed by atoms with Gasteiger partial charge in [-0.25, -0.2) is 9.97 Å². The summed E-state index contributed by atoms with van der Waals surface area (Å²) in [6.07, 6.45) is 0. The van der Waals surface area contributed by atoms with Gasteiger partial charge in [-0.15, -0.1) is 0 Å². The highest BCUT2D eigenvalue weighted by Crippen LogP contribution is 2.15. The number of nitrogens with two attached hydrogens (primary N) is 1. The minimum absolute atomic E-state index is 0.199. The van der Waals surface area contributed by atoms with Crippen LogP contribution in [0.3, 0.4) is 0 Å². The number of hydrogen-bond donors (Lipinski definition) is 3. The first-order chi connectivity index (χ1) is 7.20. The van der Waals surface area contributed by atoms with Gasteiger partial charge in [0.15, 0.2) is 5.65 Å². The largest absolute Gasteiger partial charge is 0.384 e. The van der Waals surface area contributed by atoms with Gasteiger partial charge < -0.3 is 16.0 Å². The van der Waals surface area contributed by atoms with Crippen molar-refractivity contribution < 1.29 is 0 Å². The Labute approximate surface area is 88.1 Å². The highest BCUT2D eigenvalue weighted by Gasteiger charge is 2.09. The van der Waals surface area contributed by atoms with Gasteiger partial charge in [-0.1, -0.05) is 6.92 Å². The monoisotopic (exact) mass is 205 g/mol. The molecule has 0 saturated heterocycles. The molecule has 1 unspecified atom stereocenters. The number of H-pyrrole nitrogens is 1. The quantitative estimate of drug-likeness (QED) is 0.703. The van der Waals surface area contributed by atoms with Gasteiger partial charge in [-0.2, -0.15) is 0 Å². The fourth-order valence-electron chi connectivity index (χ4n) is 1.53. The Morgan fingerprint density at radius 2 is 2.27 bits per heavy atom. The van der Waals surface area contributed by atoms with E-state index in [1.165, 1.54) is 0 Å². The Hall–Kier alpha value is -1.62. The minimum Gasteiger partial charge on any atom is -0.384 e. The molecule has 0 aromatic carbocycles. The van der Waals surface area contributed by atoms with Crippen molar-refractivity contribution in [1.82, 2.24) is 20.3 Å². The fourth-order valence-corrected chi connectivity index (χ4v) is 1.53. The van der Waals surface area contributed by atoms with Crippen molar-refractivity contribution in [2.24, 2.45) is 0 Å². The summed E-state index contributed by atoms with van der Waals surface area (Å²) in [4.78, 5) is 11.7. The molecule has 0 bridgehead atoms. The molecular weight excluding hydrogens is 190 g/mol. The van der Waals surface area contributed by atoms with Gasteiger partial charge in [0.2, 0.25) is 0 Å². The lowest BCUT2D eigenvalue weighted by Gasteiger charge is -2.07. The van der Waals surface area contributed by atoms with E-state index in [2.05, 4.69) is 34.1 Å². The molecule has 5 heteroatoms. The average molecular weight is 205 g/mol. The van der Waals surface area contributed by atoms with E-state index < -0.39 is 0 Å². The van der Waals surface area contributed by atoms with E-state index in [0.717, 1.165) is 17.9 Å². The zero-order valence-electron chi connectivity index (χ0n) is 8.91. The number of imidazole rings is 1. The van der Waals surface area contributed by atoms with E-state index >= 15 is 0 Å². The average Bonchev–Trinajstić information content (AvgIpc) is 2.60. The van der Waals surface area contributed by atoms with Gasteiger partial charge in [0.1, 0.15) is 11.6 Å². The summed E-state index contributed by atoms with van der Waals surface area (Å²) in [7, 11) is 0. The predicted molar refractivity (Wildman–Crippen MR) is 60.4 cm³/mol. The normalized spacial score (nSPS) is 13.2. The van der Waals surface area contributed by atoms with E-state index in [4.69, 9.17) is 5.73 Å². The molecule has 0 aliphatic heterocycles. The second kappa shape index (κ2) is 3.86. The van der Waals surface area contributed by atoms with Gasteiger partial charge in [0.05, 0.1) is 11.6 Å². The van der Waals surface area contributed by atoms with E-state index in [-0.39, 0.29) is 6.04 Å². The number of nitrogens with zero attached hydrogens (tertiary/aromatic N) is 2. The molecule has 2 rings (SSSR count). The van der Waals surface area contributed by atoms with Crippen LogP contribution < -0.4 is 11.1 Å².